The van der Waals surface area contributed by atoms with Gasteiger partial charge in [-0.25, -0.2) is 9.78 Å². The molecule has 1 heterocycles. The Kier molecular flexibility index (Phi) is 4.12. The molecule has 0 atom stereocenters. The standard InChI is InChI=1S/C9H6F6N2O3/c10-8(11,12)6-3(1-16)5(7(18)19)4(2-17-6)20-9(13,14)15/h2H,1,16H2,(H,18,19). The normalized spacial score (nSPS) is 12.3. The first kappa shape index (κ1) is 16.0. The summed E-state index contributed by atoms with van der Waals surface area (Å²) >= 11 is 0. The lowest BCUT2D eigenvalue weighted by Gasteiger charge is -2.17. The van der Waals surface area contributed by atoms with E-state index in [2.05, 4.69) is 9.72 Å². The van der Waals surface area contributed by atoms with Crippen LogP contribution in [0, 0.1) is 0 Å². The number of hydrogen-bond donors (Lipinski definition) is 2. The van der Waals surface area contributed by atoms with E-state index in [-0.39, 0.29) is 6.20 Å². The maximum Gasteiger partial charge on any atom is 0.573 e. The largest absolute Gasteiger partial charge is 0.573 e. The number of carboxylic acids is 1. The minimum absolute atomic E-state index is 0.0406. The lowest BCUT2D eigenvalue weighted by molar-refractivity contribution is -0.274. The van der Waals surface area contributed by atoms with Gasteiger partial charge in [-0.15, -0.1) is 13.2 Å². The van der Waals surface area contributed by atoms with Crippen molar-refractivity contribution in [1.29, 1.82) is 0 Å². The van der Waals surface area contributed by atoms with Gasteiger partial charge in [-0.1, -0.05) is 0 Å². The second-order valence-electron chi connectivity index (χ2n) is 3.38. The molecule has 0 bridgehead atoms. The Morgan fingerprint density at radius 1 is 1.30 bits per heavy atom. The first-order valence-electron chi connectivity index (χ1n) is 4.75. The zero-order chi connectivity index (χ0) is 15.7. The van der Waals surface area contributed by atoms with E-state index in [1.165, 1.54) is 0 Å². The summed E-state index contributed by atoms with van der Waals surface area (Å²) in [6.07, 6.45) is -10.3. The fourth-order valence-electron chi connectivity index (χ4n) is 1.41. The minimum atomic E-state index is -5.28. The van der Waals surface area contributed by atoms with E-state index in [9.17, 15) is 31.1 Å². The van der Waals surface area contributed by atoms with E-state index in [4.69, 9.17) is 10.8 Å². The Balaban J connectivity index is 3.55. The van der Waals surface area contributed by atoms with Gasteiger partial charge in [0, 0.05) is 12.1 Å². The maximum absolute atomic E-state index is 12.6. The van der Waals surface area contributed by atoms with Crippen LogP contribution in [0.4, 0.5) is 26.3 Å². The topological polar surface area (TPSA) is 85.4 Å². The van der Waals surface area contributed by atoms with E-state index >= 15 is 0 Å². The summed E-state index contributed by atoms with van der Waals surface area (Å²) in [6, 6.07) is 0. The van der Waals surface area contributed by atoms with Gasteiger partial charge in [0.2, 0.25) is 0 Å². The summed E-state index contributed by atoms with van der Waals surface area (Å²) in [5, 5.41) is 8.77. The summed E-state index contributed by atoms with van der Waals surface area (Å²) in [6.45, 7) is -0.974. The molecule has 0 amide bonds. The molecule has 3 N–H and O–H groups in total. The average molecular weight is 304 g/mol. The third kappa shape index (κ3) is 3.50. The number of carboxylic acid groups (broad SMARTS) is 1. The van der Waals surface area contributed by atoms with Crippen molar-refractivity contribution in [3.63, 3.8) is 0 Å². The van der Waals surface area contributed by atoms with Crippen LogP contribution in [0.15, 0.2) is 6.20 Å². The van der Waals surface area contributed by atoms with Gasteiger partial charge in [0.05, 0.1) is 6.20 Å². The summed E-state index contributed by atoms with van der Waals surface area (Å²) < 4.78 is 77.2. The molecular formula is C9H6F6N2O3. The molecule has 0 aromatic carbocycles. The molecular weight excluding hydrogens is 298 g/mol. The van der Waals surface area contributed by atoms with Crippen molar-refractivity contribution in [2.45, 2.75) is 19.1 Å². The number of carbonyl (C=O) groups is 1. The molecule has 0 aliphatic rings. The SMILES string of the molecule is NCc1c(C(F)(F)F)ncc(OC(F)(F)F)c1C(=O)O. The molecule has 1 aromatic rings. The first-order chi connectivity index (χ1) is 8.97. The van der Waals surface area contributed by atoms with Crippen molar-refractivity contribution in [1.82, 2.24) is 4.98 Å². The summed E-state index contributed by atoms with van der Waals surface area (Å²) in [4.78, 5) is 13.6. The highest BCUT2D eigenvalue weighted by atomic mass is 19.4. The zero-order valence-corrected chi connectivity index (χ0v) is 9.34. The van der Waals surface area contributed by atoms with Crippen molar-refractivity contribution in [3.05, 3.63) is 23.0 Å². The smallest absolute Gasteiger partial charge is 0.478 e. The molecule has 112 valence electrons. The fourth-order valence-corrected chi connectivity index (χ4v) is 1.41. The fraction of sp³-hybridized carbons (Fsp3) is 0.333. The minimum Gasteiger partial charge on any atom is -0.478 e. The predicted octanol–water partition coefficient (Wildman–Crippen LogP) is 2.16. The van der Waals surface area contributed by atoms with Crippen molar-refractivity contribution >= 4 is 5.97 Å². The second-order valence-corrected chi connectivity index (χ2v) is 3.38. The number of rotatable bonds is 3. The number of nitrogens with two attached hydrogens (primary N) is 1. The van der Waals surface area contributed by atoms with Crippen LogP contribution < -0.4 is 10.5 Å². The number of ether oxygens (including phenoxy) is 1. The van der Waals surface area contributed by atoms with E-state index in [1.54, 1.807) is 0 Å². The summed E-state index contributed by atoms with van der Waals surface area (Å²) in [7, 11) is 0. The third-order valence-electron chi connectivity index (χ3n) is 2.06. The lowest BCUT2D eigenvalue weighted by atomic mass is 10.1. The van der Waals surface area contributed by atoms with Gasteiger partial charge in [-0.05, 0) is 0 Å². The van der Waals surface area contributed by atoms with Crippen LogP contribution in [0.5, 0.6) is 5.75 Å². The van der Waals surface area contributed by atoms with Crippen LogP contribution in [-0.2, 0) is 12.7 Å². The Morgan fingerprint density at radius 3 is 2.20 bits per heavy atom. The van der Waals surface area contributed by atoms with Crippen molar-refractivity contribution < 1.29 is 41.0 Å². The van der Waals surface area contributed by atoms with Gasteiger partial charge in [0.15, 0.2) is 5.75 Å². The van der Waals surface area contributed by atoms with Crippen LogP contribution in [0.1, 0.15) is 21.6 Å². The molecule has 0 aliphatic carbocycles. The highest BCUT2D eigenvalue weighted by Gasteiger charge is 2.40. The second kappa shape index (κ2) is 5.15. The Labute approximate surface area is 107 Å². The van der Waals surface area contributed by atoms with E-state index in [0.29, 0.717) is 0 Å². The number of nitrogens with zero attached hydrogens (tertiary/aromatic N) is 1. The van der Waals surface area contributed by atoms with E-state index in [1.807, 2.05) is 0 Å². The maximum atomic E-state index is 12.6. The first-order valence-corrected chi connectivity index (χ1v) is 4.75. The van der Waals surface area contributed by atoms with E-state index in [0.717, 1.165) is 0 Å². The Hall–Kier alpha value is -2.04. The molecule has 0 fully saturated rings. The Bertz CT molecular complexity index is 526. The van der Waals surface area contributed by atoms with Crippen LogP contribution in [0.25, 0.3) is 0 Å². The third-order valence-corrected chi connectivity index (χ3v) is 2.06. The van der Waals surface area contributed by atoms with Gasteiger partial charge >= 0.3 is 18.5 Å². The highest BCUT2D eigenvalue weighted by molar-refractivity contribution is 5.92. The number of aromatic carboxylic acids is 1. The number of pyridine rings is 1. The molecule has 1 rings (SSSR count). The number of aromatic nitrogens is 1. The van der Waals surface area contributed by atoms with Gasteiger partial charge in [0.1, 0.15) is 11.3 Å². The summed E-state index contributed by atoms with van der Waals surface area (Å²) in [5.41, 5.74) is 0.887. The van der Waals surface area contributed by atoms with Gasteiger partial charge < -0.3 is 15.6 Å². The number of alkyl halides is 6. The van der Waals surface area contributed by atoms with Crippen LogP contribution in [-0.4, -0.2) is 22.4 Å². The van der Waals surface area contributed by atoms with Crippen LogP contribution >= 0.6 is 0 Å². The molecule has 0 saturated carbocycles. The molecule has 0 spiro atoms. The van der Waals surface area contributed by atoms with Crippen molar-refractivity contribution in [3.8, 4) is 5.75 Å². The molecule has 1 aromatic heterocycles. The number of halogens is 6. The van der Waals surface area contributed by atoms with Gasteiger partial charge in [0.25, 0.3) is 0 Å². The average Bonchev–Trinajstić information content (AvgIpc) is 2.23. The highest BCUT2D eigenvalue weighted by Crippen LogP contribution is 2.36. The monoisotopic (exact) mass is 304 g/mol. The molecule has 0 aliphatic heterocycles. The Morgan fingerprint density at radius 2 is 1.85 bits per heavy atom. The molecule has 0 unspecified atom stereocenters. The van der Waals surface area contributed by atoms with Crippen LogP contribution in [0.3, 0.4) is 0 Å². The van der Waals surface area contributed by atoms with Crippen molar-refractivity contribution in [2.75, 3.05) is 0 Å². The van der Waals surface area contributed by atoms with Gasteiger partial charge in [-0.2, -0.15) is 13.2 Å². The van der Waals surface area contributed by atoms with Crippen LogP contribution in [0.2, 0.25) is 0 Å². The predicted molar refractivity (Wildman–Crippen MR) is 50.8 cm³/mol. The van der Waals surface area contributed by atoms with Crippen molar-refractivity contribution in [2.24, 2.45) is 5.73 Å². The molecule has 0 saturated heterocycles. The quantitative estimate of drug-likeness (QED) is 0.836. The molecule has 0 radical (unpaired) electrons. The summed E-state index contributed by atoms with van der Waals surface area (Å²) in [5.74, 6) is -3.41. The molecule has 20 heavy (non-hydrogen) atoms. The lowest BCUT2D eigenvalue weighted by Crippen LogP contribution is -2.23. The molecule has 11 heteroatoms. The van der Waals surface area contributed by atoms with Gasteiger partial charge in [-0.3, -0.25) is 0 Å². The molecule has 5 nitrogen and oxygen atoms in total. The number of hydrogen-bond acceptors (Lipinski definition) is 4. The zero-order valence-electron chi connectivity index (χ0n) is 9.34. The van der Waals surface area contributed by atoms with E-state index < -0.39 is 47.6 Å².